The summed E-state index contributed by atoms with van der Waals surface area (Å²) in [4.78, 5) is 22.0. The second-order valence-corrected chi connectivity index (χ2v) is 5.58. The van der Waals surface area contributed by atoms with E-state index in [4.69, 9.17) is 11.6 Å². The number of carbonyl (C=O) groups is 2. The van der Waals surface area contributed by atoms with Gasteiger partial charge in [-0.2, -0.15) is 13.2 Å². The van der Waals surface area contributed by atoms with Crippen LogP contribution >= 0.6 is 11.6 Å². The number of alkyl halides is 4. The maximum absolute atomic E-state index is 12.1. The molecule has 1 N–H and O–H groups in total. The minimum Gasteiger partial charge on any atom is -0.345 e. The summed E-state index contributed by atoms with van der Waals surface area (Å²) < 4.78 is 36.4. The van der Waals surface area contributed by atoms with Gasteiger partial charge in [0.05, 0.1) is 5.88 Å². The highest BCUT2D eigenvalue weighted by molar-refractivity contribution is 6.27. The largest absolute Gasteiger partial charge is 0.471 e. The number of halogens is 4. The summed E-state index contributed by atoms with van der Waals surface area (Å²) in [5.74, 6) is -2.70. The molecule has 0 aliphatic carbocycles. The average molecular weight is 288 g/mol. The summed E-state index contributed by atoms with van der Waals surface area (Å²) in [6.45, 7) is 5.43. The molecule has 0 saturated carbocycles. The number of rotatable bonds is 5. The highest BCUT2D eigenvalue weighted by Gasteiger charge is 2.40. The van der Waals surface area contributed by atoms with Crippen molar-refractivity contribution < 1.29 is 22.8 Å². The fourth-order valence-electron chi connectivity index (χ4n) is 1.51. The summed E-state index contributed by atoms with van der Waals surface area (Å²) >= 11 is 5.31. The first-order valence-corrected chi connectivity index (χ1v) is 5.94. The molecule has 1 unspecified atom stereocenters. The van der Waals surface area contributed by atoms with Gasteiger partial charge in [0.2, 0.25) is 0 Å². The van der Waals surface area contributed by atoms with Crippen molar-refractivity contribution in [2.24, 2.45) is 5.41 Å². The molecule has 7 heteroatoms. The zero-order valence-corrected chi connectivity index (χ0v) is 11.3. The lowest BCUT2D eigenvalue weighted by Crippen LogP contribution is -2.45. The number of Topliss-reactive ketones (excluding diaryl/α,β-unsaturated/α-hetero) is 1. The molecule has 0 saturated heterocycles. The van der Waals surface area contributed by atoms with Gasteiger partial charge in [-0.1, -0.05) is 20.8 Å². The van der Waals surface area contributed by atoms with E-state index >= 15 is 0 Å². The van der Waals surface area contributed by atoms with Crippen molar-refractivity contribution in [1.29, 1.82) is 0 Å². The van der Waals surface area contributed by atoms with Crippen LogP contribution in [0.1, 0.15) is 33.6 Å². The lowest BCUT2D eigenvalue weighted by molar-refractivity contribution is -0.174. The lowest BCUT2D eigenvalue weighted by atomic mass is 9.86. The molecule has 106 valence electrons. The summed E-state index contributed by atoms with van der Waals surface area (Å²) in [5, 5.41) is 1.84. The Balaban J connectivity index is 4.67. The maximum Gasteiger partial charge on any atom is 0.471 e. The highest BCUT2D eigenvalue weighted by atomic mass is 35.5. The zero-order valence-electron chi connectivity index (χ0n) is 10.5. The van der Waals surface area contributed by atoms with Crippen LogP contribution in [0.2, 0.25) is 0 Å². The van der Waals surface area contributed by atoms with Crippen molar-refractivity contribution in [3.8, 4) is 0 Å². The number of ketones is 1. The third-order valence-electron chi connectivity index (χ3n) is 2.07. The molecule has 0 aliphatic rings. The van der Waals surface area contributed by atoms with E-state index in [1.807, 2.05) is 26.1 Å². The monoisotopic (exact) mass is 287 g/mol. The predicted octanol–water partition coefficient (Wildman–Crippen LogP) is 2.67. The van der Waals surface area contributed by atoms with Crippen molar-refractivity contribution in [2.75, 3.05) is 5.88 Å². The lowest BCUT2D eigenvalue weighted by Gasteiger charge is -2.26. The van der Waals surface area contributed by atoms with Crippen LogP contribution in [0.3, 0.4) is 0 Å². The first-order chi connectivity index (χ1) is 7.95. The molecule has 0 aliphatic heterocycles. The first kappa shape index (κ1) is 17.2. The number of nitrogens with one attached hydrogen (secondary N) is 1. The van der Waals surface area contributed by atoms with Crippen LogP contribution in [0.25, 0.3) is 0 Å². The van der Waals surface area contributed by atoms with Crippen LogP contribution in [0.4, 0.5) is 13.2 Å². The Morgan fingerprint density at radius 2 is 1.72 bits per heavy atom. The molecule has 0 heterocycles. The minimum atomic E-state index is -4.94. The Kier molecular flexibility index (Phi) is 6.13. The Bertz CT molecular complexity index is 310. The van der Waals surface area contributed by atoms with E-state index in [9.17, 15) is 22.8 Å². The number of hydrogen-bond acceptors (Lipinski definition) is 2. The van der Waals surface area contributed by atoms with Gasteiger partial charge in [-0.05, 0) is 11.8 Å². The second kappa shape index (κ2) is 6.41. The van der Waals surface area contributed by atoms with Gasteiger partial charge >= 0.3 is 12.1 Å². The average Bonchev–Trinajstić information content (AvgIpc) is 2.13. The van der Waals surface area contributed by atoms with Gasteiger partial charge in [-0.3, -0.25) is 9.59 Å². The van der Waals surface area contributed by atoms with Gasteiger partial charge in [0, 0.05) is 12.5 Å². The smallest absolute Gasteiger partial charge is 0.345 e. The number of hydrogen-bond donors (Lipinski definition) is 1. The number of amides is 1. The van der Waals surface area contributed by atoms with E-state index in [0.29, 0.717) is 0 Å². The van der Waals surface area contributed by atoms with Crippen LogP contribution in [-0.2, 0) is 9.59 Å². The maximum atomic E-state index is 12.1. The molecule has 1 atom stereocenters. The first-order valence-electron chi connectivity index (χ1n) is 5.41. The highest BCUT2D eigenvalue weighted by Crippen LogP contribution is 2.23. The fourth-order valence-corrected chi connectivity index (χ4v) is 1.62. The molecule has 3 nitrogen and oxygen atoms in total. The molecule has 18 heavy (non-hydrogen) atoms. The Hall–Kier alpha value is -0.780. The second-order valence-electron chi connectivity index (χ2n) is 5.31. The summed E-state index contributed by atoms with van der Waals surface area (Å²) in [5.41, 5.74) is -0.309. The van der Waals surface area contributed by atoms with Gasteiger partial charge in [-0.15, -0.1) is 11.6 Å². The molecule has 0 aromatic rings. The van der Waals surface area contributed by atoms with Gasteiger partial charge in [0.25, 0.3) is 0 Å². The summed E-state index contributed by atoms with van der Waals surface area (Å²) in [6.07, 6.45) is -4.87. The van der Waals surface area contributed by atoms with Crippen molar-refractivity contribution in [3.05, 3.63) is 0 Å². The molecule has 0 radical (unpaired) electrons. The molecular formula is C11H17ClF3NO2. The minimum absolute atomic E-state index is 0.192. The standard InChI is InChI=1S/C11H17ClF3NO2/c1-10(2,3)5-7(4-8(17)6-12)16-9(18)11(13,14)15/h7H,4-6H2,1-3H3,(H,16,18). The topological polar surface area (TPSA) is 46.2 Å². The van der Waals surface area contributed by atoms with Crippen LogP contribution in [0.5, 0.6) is 0 Å². The Morgan fingerprint density at radius 1 is 1.22 bits per heavy atom. The molecule has 0 aromatic heterocycles. The van der Waals surface area contributed by atoms with E-state index in [1.165, 1.54) is 0 Å². The van der Waals surface area contributed by atoms with Crippen LogP contribution < -0.4 is 5.32 Å². The Morgan fingerprint density at radius 3 is 2.06 bits per heavy atom. The fraction of sp³-hybridized carbons (Fsp3) is 0.818. The van der Waals surface area contributed by atoms with Gasteiger partial charge in [-0.25, -0.2) is 0 Å². The molecule has 0 spiro atoms. The molecule has 0 aromatic carbocycles. The number of carbonyl (C=O) groups excluding carboxylic acids is 2. The van der Waals surface area contributed by atoms with E-state index in [1.54, 1.807) is 0 Å². The molecule has 0 bridgehead atoms. The predicted molar refractivity (Wildman–Crippen MR) is 62.4 cm³/mol. The normalized spacial score (nSPS) is 14.2. The summed E-state index contributed by atoms with van der Waals surface area (Å²) in [6, 6.07) is -0.856. The molecule has 1 amide bonds. The summed E-state index contributed by atoms with van der Waals surface area (Å²) in [7, 11) is 0. The van der Waals surface area contributed by atoms with Gasteiger partial charge in [0.1, 0.15) is 5.78 Å². The molecule has 0 fully saturated rings. The van der Waals surface area contributed by atoms with E-state index in [2.05, 4.69) is 0 Å². The van der Waals surface area contributed by atoms with Crippen molar-refractivity contribution in [2.45, 2.75) is 45.8 Å². The Labute approximate surface area is 109 Å². The van der Waals surface area contributed by atoms with Crippen LogP contribution in [-0.4, -0.2) is 29.8 Å². The van der Waals surface area contributed by atoms with E-state index < -0.39 is 23.9 Å². The third kappa shape index (κ3) is 7.53. The molecular weight excluding hydrogens is 271 g/mol. The SMILES string of the molecule is CC(C)(C)CC(CC(=O)CCl)NC(=O)C(F)(F)F. The van der Waals surface area contributed by atoms with E-state index in [-0.39, 0.29) is 24.1 Å². The quantitative estimate of drug-likeness (QED) is 0.790. The van der Waals surface area contributed by atoms with E-state index in [0.717, 1.165) is 0 Å². The zero-order chi connectivity index (χ0) is 14.6. The van der Waals surface area contributed by atoms with Gasteiger partial charge in [0.15, 0.2) is 0 Å². The van der Waals surface area contributed by atoms with Crippen molar-refractivity contribution in [3.63, 3.8) is 0 Å². The van der Waals surface area contributed by atoms with Crippen molar-refractivity contribution >= 4 is 23.3 Å². The molecule has 0 rings (SSSR count). The van der Waals surface area contributed by atoms with Crippen LogP contribution in [0, 0.1) is 5.41 Å². The van der Waals surface area contributed by atoms with Crippen LogP contribution in [0.15, 0.2) is 0 Å². The van der Waals surface area contributed by atoms with Crippen molar-refractivity contribution in [1.82, 2.24) is 5.32 Å². The van der Waals surface area contributed by atoms with Gasteiger partial charge < -0.3 is 5.32 Å². The third-order valence-corrected chi connectivity index (χ3v) is 2.37.